The molecular formula is C9H10N2O2. The number of allylic oxidation sites excluding steroid dienone is 1. The molecule has 0 aliphatic carbocycles. The van der Waals surface area contributed by atoms with Gasteiger partial charge in [0.1, 0.15) is 0 Å². The van der Waals surface area contributed by atoms with Gasteiger partial charge in [-0.15, -0.1) is 0 Å². The van der Waals surface area contributed by atoms with Crippen molar-refractivity contribution in [2.45, 2.75) is 13.3 Å². The first-order valence-corrected chi connectivity index (χ1v) is 4.33. The van der Waals surface area contributed by atoms with Crippen molar-refractivity contribution in [2.75, 3.05) is 6.54 Å². The van der Waals surface area contributed by atoms with Gasteiger partial charge < -0.3 is 5.32 Å². The molecule has 0 aromatic heterocycles. The van der Waals surface area contributed by atoms with Crippen molar-refractivity contribution < 1.29 is 9.59 Å². The average molecular weight is 178 g/mol. The van der Waals surface area contributed by atoms with E-state index in [0.29, 0.717) is 24.3 Å². The number of rotatable bonds is 1. The second-order valence-corrected chi connectivity index (χ2v) is 3.16. The lowest BCUT2D eigenvalue weighted by Gasteiger charge is -2.11. The van der Waals surface area contributed by atoms with E-state index in [-0.39, 0.29) is 17.7 Å². The Kier molecular flexibility index (Phi) is 1.76. The van der Waals surface area contributed by atoms with Crippen LogP contribution in [0.25, 0.3) is 0 Å². The van der Waals surface area contributed by atoms with E-state index >= 15 is 0 Å². The molecule has 2 heterocycles. The third-order valence-electron chi connectivity index (χ3n) is 2.34. The van der Waals surface area contributed by atoms with Gasteiger partial charge in [0.15, 0.2) is 0 Å². The van der Waals surface area contributed by atoms with Crippen LogP contribution in [0.3, 0.4) is 0 Å². The standard InChI is InChI=1S/C9H10N2O2/c1-2-5-3-6-7(9(13)11-5)4-10-8(6)12/h3,7H,2,4H2,1H3,(H,10,12). The van der Waals surface area contributed by atoms with Crippen LogP contribution in [0, 0.1) is 5.92 Å². The molecule has 0 aromatic carbocycles. The first-order chi connectivity index (χ1) is 6.22. The fraction of sp³-hybridized carbons (Fsp3) is 0.444. The van der Waals surface area contributed by atoms with Gasteiger partial charge in [0, 0.05) is 17.8 Å². The number of carbonyl (C=O) groups is 2. The Labute approximate surface area is 75.7 Å². The molecule has 0 aromatic rings. The predicted molar refractivity (Wildman–Crippen MR) is 47.3 cm³/mol. The Bertz CT molecular complexity index is 342. The van der Waals surface area contributed by atoms with Gasteiger partial charge in [-0.25, -0.2) is 4.99 Å². The SMILES string of the molecule is CCC1=NC(=O)C2CNC(=O)C2=C1. The molecule has 0 spiro atoms. The number of hydrogen-bond donors (Lipinski definition) is 1. The van der Waals surface area contributed by atoms with Gasteiger partial charge in [0.25, 0.3) is 5.91 Å². The number of amides is 2. The number of dihydropyridines is 1. The maximum absolute atomic E-state index is 11.4. The van der Waals surface area contributed by atoms with Crippen LogP contribution in [0.2, 0.25) is 0 Å². The molecule has 4 heteroatoms. The summed E-state index contributed by atoms with van der Waals surface area (Å²) in [6.45, 7) is 2.32. The summed E-state index contributed by atoms with van der Waals surface area (Å²) in [5, 5.41) is 2.64. The summed E-state index contributed by atoms with van der Waals surface area (Å²) in [5.41, 5.74) is 1.28. The van der Waals surface area contributed by atoms with Crippen molar-refractivity contribution >= 4 is 17.5 Å². The van der Waals surface area contributed by atoms with Gasteiger partial charge in [0.05, 0.1) is 5.92 Å². The van der Waals surface area contributed by atoms with Gasteiger partial charge in [-0.1, -0.05) is 6.92 Å². The minimum absolute atomic E-state index is 0.126. The lowest BCUT2D eigenvalue weighted by molar-refractivity contribution is -0.121. The Morgan fingerprint density at radius 3 is 3.08 bits per heavy atom. The highest BCUT2D eigenvalue weighted by atomic mass is 16.2. The fourth-order valence-corrected chi connectivity index (χ4v) is 1.56. The minimum Gasteiger partial charge on any atom is -0.351 e. The highest BCUT2D eigenvalue weighted by molar-refractivity contribution is 6.15. The fourth-order valence-electron chi connectivity index (χ4n) is 1.56. The van der Waals surface area contributed by atoms with Crippen LogP contribution < -0.4 is 5.32 Å². The third kappa shape index (κ3) is 1.18. The van der Waals surface area contributed by atoms with Crippen molar-refractivity contribution in [2.24, 2.45) is 10.9 Å². The molecule has 0 bridgehead atoms. The van der Waals surface area contributed by atoms with E-state index in [9.17, 15) is 9.59 Å². The van der Waals surface area contributed by atoms with Gasteiger partial charge >= 0.3 is 0 Å². The summed E-state index contributed by atoms with van der Waals surface area (Å²) < 4.78 is 0. The monoisotopic (exact) mass is 178 g/mol. The zero-order chi connectivity index (χ0) is 9.42. The van der Waals surface area contributed by atoms with Crippen molar-refractivity contribution in [1.29, 1.82) is 0 Å². The van der Waals surface area contributed by atoms with E-state index in [2.05, 4.69) is 10.3 Å². The zero-order valence-corrected chi connectivity index (χ0v) is 7.33. The number of nitrogens with zero attached hydrogens (tertiary/aromatic N) is 1. The first-order valence-electron chi connectivity index (χ1n) is 4.33. The molecule has 1 fully saturated rings. The third-order valence-corrected chi connectivity index (χ3v) is 2.34. The number of aliphatic imine (C=N–C) groups is 1. The lowest BCUT2D eigenvalue weighted by atomic mass is 9.97. The molecule has 0 radical (unpaired) electrons. The number of hydrogen-bond acceptors (Lipinski definition) is 2. The minimum atomic E-state index is -0.331. The largest absolute Gasteiger partial charge is 0.351 e. The van der Waals surface area contributed by atoms with Crippen LogP contribution in [0.4, 0.5) is 0 Å². The van der Waals surface area contributed by atoms with E-state index < -0.39 is 0 Å². The van der Waals surface area contributed by atoms with Gasteiger partial charge in [0.2, 0.25) is 5.91 Å². The number of nitrogens with one attached hydrogen (secondary N) is 1. The van der Waals surface area contributed by atoms with Gasteiger partial charge in [-0.2, -0.15) is 0 Å². The molecule has 0 saturated carbocycles. The van der Waals surface area contributed by atoms with Crippen LogP contribution in [0.1, 0.15) is 13.3 Å². The average Bonchev–Trinajstić information content (AvgIpc) is 2.48. The Hall–Kier alpha value is -1.45. The quantitative estimate of drug-likeness (QED) is 0.616. The summed E-state index contributed by atoms with van der Waals surface area (Å²) in [7, 11) is 0. The summed E-state index contributed by atoms with van der Waals surface area (Å²) in [5.74, 6) is -0.644. The molecule has 2 amide bonds. The predicted octanol–water partition coefficient (Wildman–Crippen LogP) is 0.0500. The summed E-state index contributed by atoms with van der Waals surface area (Å²) in [6.07, 6.45) is 2.42. The van der Waals surface area contributed by atoms with E-state index in [4.69, 9.17) is 0 Å². The van der Waals surface area contributed by atoms with Crippen molar-refractivity contribution in [3.8, 4) is 0 Å². The summed E-state index contributed by atoms with van der Waals surface area (Å²) >= 11 is 0. The number of carbonyl (C=O) groups excluding carboxylic acids is 2. The van der Waals surface area contributed by atoms with Gasteiger partial charge in [-0.3, -0.25) is 9.59 Å². The smallest absolute Gasteiger partial charge is 0.255 e. The molecule has 2 aliphatic heterocycles. The van der Waals surface area contributed by atoms with E-state index in [1.807, 2.05) is 6.92 Å². The lowest BCUT2D eigenvalue weighted by Crippen LogP contribution is -2.21. The molecule has 2 aliphatic rings. The van der Waals surface area contributed by atoms with E-state index in [0.717, 1.165) is 0 Å². The molecule has 1 unspecified atom stereocenters. The van der Waals surface area contributed by atoms with Crippen molar-refractivity contribution in [3.63, 3.8) is 0 Å². The zero-order valence-electron chi connectivity index (χ0n) is 7.33. The van der Waals surface area contributed by atoms with E-state index in [1.54, 1.807) is 6.08 Å². The van der Waals surface area contributed by atoms with Crippen LogP contribution in [0.15, 0.2) is 16.6 Å². The first kappa shape index (κ1) is 8.16. The topological polar surface area (TPSA) is 58.5 Å². The molecule has 2 rings (SSSR count). The van der Waals surface area contributed by atoms with Crippen LogP contribution in [-0.4, -0.2) is 24.1 Å². The second-order valence-electron chi connectivity index (χ2n) is 3.16. The van der Waals surface area contributed by atoms with Gasteiger partial charge in [-0.05, 0) is 12.5 Å². The molecular weight excluding hydrogens is 168 g/mol. The Morgan fingerprint density at radius 1 is 1.62 bits per heavy atom. The van der Waals surface area contributed by atoms with E-state index in [1.165, 1.54) is 0 Å². The maximum Gasteiger partial charge on any atom is 0.255 e. The van der Waals surface area contributed by atoms with Crippen molar-refractivity contribution in [1.82, 2.24) is 5.32 Å². The molecule has 1 atom stereocenters. The molecule has 68 valence electrons. The molecule has 13 heavy (non-hydrogen) atoms. The van der Waals surface area contributed by atoms with Crippen LogP contribution in [0.5, 0.6) is 0 Å². The molecule has 1 N–H and O–H groups in total. The highest BCUT2D eigenvalue weighted by Gasteiger charge is 2.35. The van der Waals surface area contributed by atoms with Crippen LogP contribution >= 0.6 is 0 Å². The molecule has 1 saturated heterocycles. The number of fused-ring (bicyclic) bond motifs is 1. The van der Waals surface area contributed by atoms with Crippen molar-refractivity contribution in [3.05, 3.63) is 11.6 Å². The maximum atomic E-state index is 11.4. The Balaban J connectivity index is 2.39. The highest BCUT2D eigenvalue weighted by Crippen LogP contribution is 2.22. The van der Waals surface area contributed by atoms with Crippen LogP contribution in [-0.2, 0) is 9.59 Å². The Morgan fingerprint density at radius 2 is 2.38 bits per heavy atom. The second kappa shape index (κ2) is 2.80. The summed E-state index contributed by atoms with van der Waals surface area (Å²) in [6, 6.07) is 0. The molecule has 4 nitrogen and oxygen atoms in total. The summed E-state index contributed by atoms with van der Waals surface area (Å²) in [4.78, 5) is 26.5. The normalized spacial score (nSPS) is 26.4.